The van der Waals surface area contributed by atoms with Crippen molar-refractivity contribution in [3.05, 3.63) is 40.9 Å². The van der Waals surface area contributed by atoms with Crippen LogP contribution in [0.3, 0.4) is 0 Å². The first-order chi connectivity index (χ1) is 11.2. The predicted octanol–water partition coefficient (Wildman–Crippen LogP) is 3.18. The van der Waals surface area contributed by atoms with Crippen molar-refractivity contribution in [1.82, 2.24) is 14.5 Å². The van der Waals surface area contributed by atoms with Gasteiger partial charge in [0.2, 0.25) is 0 Å². The van der Waals surface area contributed by atoms with Crippen LogP contribution in [0.2, 0.25) is 5.15 Å². The Morgan fingerprint density at radius 3 is 3.00 bits per heavy atom. The molecule has 0 radical (unpaired) electrons. The van der Waals surface area contributed by atoms with Crippen LogP contribution in [0.5, 0.6) is 11.5 Å². The molecule has 1 aromatic carbocycles. The number of nitrogens with zero attached hydrogens (tertiary/aromatic N) is 3. The summed E-state index contributed by atoms with van der Waals surface area (Å²) in [5.74, 6) is 1.77. The SMILES string of the molecule is Cn1cnc(Cl)c1CN1CCCC1c1cccc2c1OCCO2. The van der Waals surface area contributed by atoms with Crippen molar-refractivity contribution in [3.63, 3.8) is 0 Å². The van der Waals surface area contributed by atoms with Gasteiger partial charge in [-0.25, -0.2) is 4.98 Å². The number of ether oxygens (including phenoxy) is 2. The molecule has 0 saturated carbocycles. The van der Waals surface area contributed by atoms with E-state index in [1.807, 2.05) is 17.7 Å². The van der Waals surface area contributed by atoms with Crippen LogP contribution in [-0.2, 0) is 13.6 Å². The highest BCUT2D eigenvalue weighted by molar-refractivity contribution is 6.30. The Kier molecular flexibility index (Phi) is 3.91. The van der Waals surface area contributed by atoms with E-state index >= 15 is 0 Å². The summed E-state index contributed by atoms with van der Waals surface area (Å²) in [5, 5.41) is 0.591. The Morgan fingerprint density at radius 1 is 1.30 bits per heavy atom. The Morgan fingerprint density at radius 2 is 2.17 bits per heavy atom. The van der Waals surface area contributed by atoms with Gasteiger partial charge in [0.25, 0.3) is 0 Å². The maximum absolute atomic E-state index is 6.23. The largest absolute Gasteiger partial charge is 0.486 e. The van der Waals surface area contributed by atoms with Gasteiger partial charge in [0.05, 0.1) is 12.0 Å². The fraction of sp³-hybridized carbons (Fsp3) is 0.471. The summed E-state index contributed by atoms with van der Waals surface area (Å²) in [6.07, 6.45) is 4.06. The number of para-hydroxylation sites is 1. The lowest BCUT2D eigenvalue weighted by molar-refractivity contribution is 0.163. The van der Waals surface area contributed by atoms with Gasteiger partial charge in [-0.2, -0.15) is 0 Å². The van der Waals surface area contributed by atoms with Gasteiger partial charge in [0.1, 0.15) is 13.2 Å². The van der Waals surface area contributed by atoms with Crippen LogP contribution >= 0.6 is 11.6 Å². The van der Waals surface area contributed by atoms with Crippen molar-refractivity contribution < 1.29 is 9.47 Å². The third-order valence-corrected chi connectivity index (χ3v) is 5.00. The smallest absolute Gasteiger partial charge is 0.166 e. The average molecular weight is 334 g/mol. The monoisotopic (exact) mass is 333 g/mol. The van der Waals surface area contributed by atoms with E-state index in [1.54, 1.807) is 6.33 Å². The topological polar surface area (TPSA) is 39.5 Å². The molecule has 1 unspecified atom stereocenters. The Bertz CT molecular complexity index is 696. The number of imidazole rings is 1. The zero-order valence-corrected chi connectivity index (χ0v) is 13.9. The number of hydrogen-bond acceptors (Lipinski definition) is 4. The van der Waals surface area contributed by atoms with Gasteiger partial charge in [-0.1, -0.05) is 23.7 Å². The summed E-state index contributed by atoms with van der Waals surface area (Å²) < 4.78 is 13.6. The van der Waals surface area contributed by atoms with Crippen molar-refractivity contribution in [2.24, 2.45) is 7.05 Å². The molecule has 23 heavy (non-hydrogen) atoms. The maximum atomic E-state index is 6.23. The molecule has 0 spiro atoms. The summed E-state index contributed by atoms with van der Waals surface area (Å²) in [7, 11) is 1.99. The lowest BCUT2D eigenvalue weighted by atomic mass is 10.0. The van der Waals surface area contributed by atoms with E-state index in [1.165, 1.54) is 12.0 Å². The number of hydrogen-bond donors (Lipinski definition) is 0. The number of fused-ring (bicyclic) bond motifs is 1. The van der Waals surface area contributed by atoms with E-state index in [2.05, 4.69) is 22.0 Å². The third-order valence-electron chi connectivity index (χ3n) is 4.68. The number of aromatic nitrogens is 2. The van der Waals surface area contributed by atoms with Crippen LogP contribution < -0.4 is 9.47 Å². The van der Waals surface area contributed by atoms with Crippen molar-refractivity contribution in [3.8, 4) is 11.5 Å². The molecule has 1 saturated heterocycles. The summed E-state index contributed by atoms with van der Waals surface area (Å²) >= 11 is 6.23. The molecule has 2 aromatic rings. The molecular weight excluding hydrogens is 314 g/mol. The van der Waals surface area contributed by atoms with E-state index < -0.39 is 0 Å². The second kappa shape index (κ2) is 6.06. The number of benzene rings is 1. The molecule has 6 heteroatoms. The van der Waals surface area contributed by atoms with Gasteiger partial charge < -0.3 is 14.0 Å². The van der Waals surface area contributed by atoms with Gasteiger partial charge in [-0.05, 0) is 25.5 Å². The molecule has 2 aliphatic heterocycles. The molecule has 0 N–H and O–H groups in total. The summed E-state index contributed by atoms with van der Waals surface area (Å²) in [5.41, 5.74) is 2.28. The van der Waals surface area contributed by atoms with Gasteiger partial charge in [0, 0.05) is 25.2 Å². The van der Waals surface area contributed by atoms with E-state index in [0.717, 1.165) is 36.7 Å². The van der Waals surface area contributed by atoms with Crippen molar-refractivity contribution >= 4 is 11.6 Å². The molecule has 3 heterocycles. The molecule has 0 amide bonds. The second-order valence-corrected chi connectivity index (χ2v) is 6.45. The third kappa shape index (κ3) is 2.68. The quantitative estimate of drug-likeness (QED) is 0.865. The summed E-state index contributed by atoms with van der Waals surface area (Å²) in [6.45, 7) is 3.08. The highest BCUT2D eigenvalue weighted by Crippen LogP contribution is 2.43. The minimum absolute atomic E-state index is 0.331. The van der Waals surface area contributed by atoms with Crippen LogP contribution in [0.25, 0.3) is 0 Å². The Labute approximate surface area is 140 Å². The van der Waals surface area contributed by atoms with E-state index in [9.17, 15) is 0 Å². The zero-order chi connectivity index (χ0) is 15.8. The molecule has 0 bridgehead atoms. The van der Waals surface area contributed by atoms with Gasteiger partial charge in [0.15, 0.2) is 16.7 Å². The lowest BCUT2D eigenvalue weighted by Gasteiger charge is -2.29. The van der Waals surface area contributed by atoms with E-state index in [-0.39, 0.29) is 0 Å². The van der Waals surface area contributed by atoms with Crippen molar-refractivity contribution in [2.75, 3.05) is 19.8 Å². The first-order valence-corrected chi connectivity index (χ1v) is 8.40. The minimum atomic E-state index is 0.331. The standard InChI is InChI=1S/C17H20ClN3O2/c1-20-11-19-17(18)14(20)10-21-7-3-5-13(21)12-4-2-6-15-16(12)23-9-8-22-15/h2,4,6,11,13H,3,5,7-10H2,1H3. The van der Waals surface area contributed by atoms with Gasteiger partial charge in [-0.15, -0.1) is 0 Å². The predicted molar refractivity (Wildman–Crippen MR) is 88.0 cm³/mol. The highest BCUT2D eigenvalue weighted by Gasteiger charge is 2.31. The molecule has 122 valence electrons. The fourth-order valence-corrected chi connectivity index (χ4v) is 3.76. The molecule has 4 rings (SSSR count). The van der Waals surface area contributed by atoms with Crippen LogP contribution in [0.1, 0.15) is 30.1 Å². The number of rotatable bonds is 3. The summed E-state index contributed by atoms with van der Waals surface area (Å²) in [6, 6.07) is 6.52. The minimum Gasteiger partial charge on any atom is -0.486 e. The molecule has 1 fully saturated rings. The van der Waals surface area contributed by atoms with Crippen LogP contribution in [0.4, 0.5) is 0 Å². The maximum Gasteiger partial charge on any atom is 0.166 e. The second-order valence-electron chi connectivity index (χ2n) is 6.09. The summed E-state index contributed by atoms with van der Waals surface area (Å²) in [4.78, 5) is 6.64. The van der Waals surface area contributed by atoms with Crippen LogP contribution in [-0.4, -0.2) is 34.2 Å². The van der Waals surface area contributed by atoms with E-state index in [4.69, 9.17) is 21.1 Å². The number of likely N-dealkylation sites (tertiary alicyclic amines) is 1. The molecule has 0 aliphatic carbocycles. The van der Waals surface area contributed by atoms with E-state index in [0.29, 0.717) is 24.4 Å². The van der Waals surface area contributed by atoms with Crippen LogP contribution in [0, 0.1) is 0 Å². The first kappa shape index (κ1) is 14.8. The molecule has 5 nitrogen and oxygen atoms in total. The van der Waals surface area contributed by atoms with Gasteiger partial charge in [-0.3, -0.25) is 4.90 Å². The molecular formula is C17H20ClN3O2. The molecule has 1 aromatic heterocycles. The number of halogens is 1. The highest BCUT2D eigenvalue weighted by atomic mass is 35.5. The molecule has 1 atom stereocenters. The van der Waals surface area contributed by atoms with Crippen molar-refractivity contribution in [1.29, 1.82) is 0 Å². The van der Waals surface area contributed by atoms with Crippen molar-refractivity contribution in [2.45, 2.75) is 25.4 Å². The lowest BCUT2D eigenvalue weighted by Crippen LogP contribution is -2.25. The first-order valence-electron chi connectivity index (χ1n) is 8.02. The Balaban J connectivity index is 1.64. The normalized spacial score (nSPS) is 20.9. The average Bonchev–Trinajstić information content (AvgIpc) is 3.16. The van der Waals surface area contributed by atoms with Gasteiger partial charge >= 0.3 is 0 Å². The molecule has 2 aliphatic rings. The number of aryl methyl sites for hydroxylation is 1. The van der Waals surface area contributed by atoms with Crippen LogP contribution in [0.15, 0.2) is 24.5 Å². The fourth-order valence-electron chi connectivity index (χ4n) is 3.52. The Hall–Kier alpha value is -1.72. The zero-order valence-electron chi connectivity index (χ0n) is 13.2.